The first kappa shape index (κ1) is 14.2. The average molecular weight is 323 g/mol. The molecule has 1 N–H and O–H groups in total. The van der Waals surface area contributed by atoms with E-state index in [1.807, 2.05) is 30.7 Å². The third-order valence-corrected chi connectivity index (χ3v) is 3.46. The van der Waals surface area contributed by atoms with E-state index in [9.17, 15) is 0 Å². The smallest absolute Gasteiger partial charge is 0.132 e. The molecule has 0 fully saturated rings. The molecule has 5 heteroatoms. The number of halogens is 1. The van der Waals surface area contributed by atoms with E-state index in [4.69, 9.17) is 0 Å². The zero-order valence-corrected chi connectivity index (χ0v) is 12.9. The lowest BCUT2D eigenvalue weighted by molar-refractivity contribution is 0.532. The average Bonchev–Trinajstić information content (AvgIpc) is 2.89. The van der Waals surface area contributed by atoms with Gasteiger partial charge in [0.25, 0.3) is 0 Å². The Labute approximate surface area is 122 Å². The van der Waals surface area contributed by atoms with Crippen molar-refractivity contribution >= 4 is 15.9 Å². The van der Waals surface area contributed by atoms with E-state index in [1.54, 1.807) is 0 Å². The molecule has 2 rings (SSSR count). The van der Waals surface area contributed by atoms with Gasteiger partial charge in [-0.25, -0.2) is 4.98 Å². The SMILES string of the molecule is CCCNC(c1ccc(Br)cn1)c1nccn1CC. The van der Waals surface area contributed by atoms with Crippen LogP contribution in [-0.4, -0.2) is 21.1 Å². The number of nitrogens with one attached hydrogen (secondary N) is 1. The highest BCUT2D eigenvalue weighted by molar-refractivity contribution is 9.10. The zero-order valence-electron chi connectivity index (χ0n) is 11.3. The summed E-state index contributed by atoms with van der Waals surface area (Å²) in [5, 5.41) is 3.52. The molecule has 1 unspecified atom stereocenters. The van der Waals surface area contributed by atoms with Crippen molar-refractivity contribution in [1.29, 1.82) is 0 Å². The van der Waals surface area contributed by atoms with Crippen molar-refractivity contribution < 1.29 is 0 Å². The molecule has 0 radical (unpaired) electrons. The topological polar surface area (TPSA) is 42.7 Å². The number of hydrogen-bond acceptors (Lipinski definition) is 3. The van der Waals surface area contributed by atoms with E-state index < -0.39 is 0 Å². The van der Waals surface area contributed by atoms with E-state index in [-0.39, 0.29) is 6.04 Å². The molecule has 0 bridgehead atoms. The van der Waals surface area contributed by atoms with Gasteiger partial charge in [0.2, 0.25) is 0 Å². The van der Waals surface area contributed by atoms with Gasteiger partial charge in [-0.05, 0) is 48.0 Å². The second kappa shape index (κ2) is 6.82. The minimum absolute atomic E-state index is 0.0444. The molecule has 102 valence electrons. The summed E-state index contributed by atoms with van der Waals surface area (Å²) in [7, 11) is 0. The second-order valence-electron chi connectivity index (χ2n) is 4.36. The molecule has 4 nitrogen and oxygen atoms in total. The molecule has 2 aromatic heterocycles. The fraction of sp³-hybridized carbons (Fsp3) is 0.429. The lowest BCUT2D eigenvalue weighted by atomic mass is 10.1. The maximum Gasteiger partial charge on any atom is 0.132 e. The van der Waals surface area contributed by atoms with E-state index in [0.717, 1.165) is 35.5 Å². The third kappa shape index (κ3) is 3.42. The van der Waals surface area contributed by atoms with Gasteiger partial charge in [-0.1, -0.05) is 6.92 Å². The maximum absolute atomic E-state index is 4.50. The Morgan fingerprint density at radius 3 is 2.79 bits per heavy atom. The van der Waals surface area contributed by atoms with Crippen molar-refractivity contribution in [2.24, 2.45) is 0 Å². The van der Waals surface area contributed by atoms with Crippen LogP contribution in [0.15, 0.2) is 35.2 Å². The molecule has 0 spiro atoms. The summed E-state index contributed by atoms with van der Waals surface area (Å²) in [4.78, 5) is 8.99. The highest BCUT2D eigenvalue weighted by Crippen LogP contribution is 2.20. The van der Waals surface area contributed by atoms with E-state index in [1.165, 1.54) is 0 Å². The summed E-state index contributed by atoms with van der Waals surface area (Å²) >= 11 is 3.42. The van der Waals surface area contributed by atoms with Gasteiger partial charge in [0.15, 0.2) is 0 Å². The number of imidazole rings is 1. The minimum Gasteiger partial charge on any atom is -0.334 e. The summed E-state index contributed by atoms with van der Waals surface area (Å²) < 4.78 is 3.14. The Balaban J connectivity index is 2.32. The predicted octanol–water partition coefficient (Wildman–Crippen LogP) is 3.15. The van der Waals surface area contributed by atoms with Crippen LogP contribution in [0.25, 0.3) is 0 Å². The number of aryl methyl sites for hydroxylation is 1. The lowest BCUT2D eigenvalue weighted by Crippen LogP contribution is -2.27. The first-order valence-electron chi connectivity index (χ1n) is 6.62. The van der Waals surface area contributed by atoms with Gasteiger partial charge in [-0.2, -0.15) is 0 Å². The summed E-state index contributed by atoms with van der Waals surface area (Å²) in [5.41, 5.74) is 0.998. The van der Waals surface area contributed by atoms with Crippen molar-refractivity contribution in [1.82, 2.24) is 19.9 Å². The van der Waals surface area contributed by atoms with Crippen LogP contribution in [0.3, 0.4) is 0 Å². The molecule has 0 aliphatic rings. The van der Waals surface area contributed by atoms with E-state index in [0.29, 0.717) is 0 Å². The number of aromatic nitrogens is 3. The predicted molar refractivity (Wildman–Crippen MR) is 80.0 cm³/mol. The Morgan fingerprint density at radius 1 is 1.32 bits per heavy atom. The molecule has 2 aromatic rings. The third-order valence-electron chi connectivity index (χ3n) is 2.99. The van der Waals surface area contributed by atoms with Gasteiger partial charge in [0, 0.05) is 29.6 Å². The molecule has 0 amide bonds. The standard InChI is InChI=1S/C14H19BrN4/c1-3-7-16-13(12-6-5-11(15)10-18-12)14-17-8-9-19(14)4-2/h5-6,8-10,13,16H,3-4,7H2,1-2H3. The van der Waals surface area contributed by atoms with Gasteiger partial charge in [0.05, 0.1) is 5.69 Å². The first-order valence-corrected chi connectivity index (χ1v) is 7.41. The fourth-order valence-electron chi connectivity index (χ4n) is 2.02. The number of rotatable bonds is 6. The van der Waals surface area contributed by atoms with Crippen LogP contribution in [0.4, 0.5) is 0 Å². The molecule has 19 heavy (non-hydrogen) atoms. The molecule has 0 saturated heterocycles. The van der Waals surface area contributed by atoms with Gasteiger partial charge >= 0.3 is 0 Å². The largest absolute Gasteiger partial charge is 0.334 e. The number of pyridine rings is 1. The normalized spacial score (nSPS) is 12.6. The monoisotopic (exact) mass is 322 g/mol. The Bertz CT molecular complexity index is 506. The molecule has 0 saturated carbocycles. The Hall–Kier alpha value is -1.20. The molecule has 1 atom stereocenters. The highest BCUT2D eigenvalue weighted by Gasteiger charge is 2.19. The quantitative estimate of drug-likeness (QED) is 0.888. The number of nitrogens with zero attached hydrogens (tertiary/aromatic N) is 3. The molecule has 0 aliphatic heterocycles. The van der Waals surface area contributed by atoms with Gasteiger partial charge in [0.1, 0.15) is 11.9 Å². The second-order valence-corrected chi connectivity index (χ2v) is 5.28. The fourth-order valence-corrected chi connectivity index (χ4v) is 2.26. The van der Waals surface area contributed by atoms with Crippen molar-refractivity contribution in [3.63, 3.8) is 0 Å². The van der Waals surface area contributed by atoms with Crippen LogP contribution < -0.4 is 5.32 Å². The van der Waals surface area contributed by atoms with Crippen molar-refractivity contribution in [2.45, 2.75) is 32.9 Å². The first-order chi connectivity index (χ1) is 9.26. The maximum atomic E-state index is 4.50. The Morgan fingerprint density at radius 2 is 2.16 bits per heavy atom. The van der Waals surface area contributed by atoms with Crippen LogP contribution in [0.1, 0.15) is 37.8 Å². The van der Waals surface area contributed by atoms with Gasteiger partial charge < -0.3 is 9.88 Å². The molecule has 2 heterocycles. The molecule has 0 aromatic carbocycles. The van der Waals surface area contributed by atoms with E-state index >= 15 is 0 Å². The lowest BCUT2D eigenvalue weighted by Gasteiger charge is -2.18. The van der Waals surface area contributed by atoms with Crippen LogP contribution in [0, 0.1) is 0 Å². The minimum atomic E-state index is 0.0444. The van der Waals surface area contributed by atoms with Crippen LogP contribution in [0.5, 0.6) is 0 Å². The van der Waals surface area contributed by atoms with E-state index in [2.05, 4.69) is 49.6 Å². The molecular formula is C14H19BrN4. The Kier molecular flexibility index (Phi) is 5.10. The zero-order chi connectivity index (χ0) is 13.7. The molecular weight excluding hydrogens is 304 g/mol. The van der Waals surface area contributed by atoms with Crippen LogP contribution in [-0.2, 0) is 6.54 Å². The number of hydrogen-bond donors (Lipinski definition) is 1. The van der Waals surface area contributed by atoms with Gasteiger partial charge in [-0.15, -0.1) is 0 Å². The van der Waals surface area contributed by atoms with Crippen LogP contribution >= 0.6 is 15.9 Å². The summed E-state index contributed by atoms with van der Waals surface area (Å²) in [6, 6.07) is 4.09. The molecule has 0 aliphatic carbocycles. The van der Waals surface area contributed by atoms with Crippen molar-refractivity contribution in [2.75, 3.05) is 6.54 Å². The van der Waals surface area contributed by atoms with Gasteiger partial charge in [-0.3, -0.25) is 4.98 Å². The summed E-state index contributed by atoms with van der Waals surface area (Å²) in [6.07, 6.45) is 6.77. The summed E-state index contributed by atoms with van der Waals surface area (Å²) in [5.74, 6) is 1.02. The highest BCUT2D eigenvalue weighted by atomic mass is 79.9. The summed E-state index contributed by atoms with van der Waals surface area (Å²) in [6.45, 7) is 6.14. The van der Waals surface area contributed by atoms with Crippen molar-refractivity contribution in [3.05, 3.63) is 46.7 Å². The van der Waals surface area contributed by atoms with Crippen molar-refractivity contribution in [3.8, 4) is 0 Å². The van der Waals surface area contributed by atoms with Crippen LogP contribution in [0.2, 0.25) is 0 Å².